The van der Waals surface area contributed by atoms with Gasteiger partial charge in [-0.1, -0.05) is 0 Å². The second-order valence-electron chi connectivity index (χ2n) is 13.4. The molecule has 1 unspecified atom stereocenters. The fourth-order valence-corrected chi connectivity index (χ4v) is 8.99. The molecule has 0 saturated carbocycles. The second-order valence-corrected chi connectivity index (χ2v) is 15.1. The van der Waals surface area contributed by atoms with Crippen LogP contribution in [0, 0.1) is 11.3 Å². The first-order valence-corrected chi connectivity index (χ1v) is 19.4. The zero-order valence-electron chi connectivity index (χ0n) is 30.8. The van der Waals surface area contributed by atoms with Crippen LogP contribution in [0.4, 0.5) is 10.5 Å². The number of benzene rings is 2. The number of hydrogen-bond donors (Lipinski definition) is 0. The Morgan fingerprint density at radius 2 is 1.70 bits per heavy atom. The Kier molecular flexibility index (Phi) is 11.1. The number of rotatable bonds is 11. The molecule has 0 bridgehead atoms. The maximum Gasteiger partial charge on any atom is 0.411 e. The molecule has 1 aromatic heterocycles. The number of fused-ring (bicyclic) bond motifs is 1. The minimum absolute atomic E-state index is 0.0168. The van der Waals surface area contributed by atoms with Crippen molar-refractivity contribution in [1.82, 2.24) is 19.7 Å². The highest BCUT2D eigenvalue weighted by molar-refractivity contribution is 7.93. The number of nitrogens with zero attached hydrogens (tertiary/aromatic N) is 6. The molecule has 0 spiro atoms. The molecule has 1 atom stereocenters. The van der Waals surface area contributed by atoms with Crippen LogP contribution < -0.4 is 18.5 Å². The van der Waals surface area contributed by atoms with Crippen molar-refractivity contribution in [2.75, 3.05) is 63.9 Å². The number of methoxy groups -OCH3 is 1. The van der Waals surface area contributed by atoms with Gasteiger partial charge in [-0.05, 0) is 83.0 Å². The molecular formula is C38H46N6O8S. The maximum atomic E-state index is 15.2. The molecule has 53 heavy (non-hydrogen) atoms. The lowest BCUT2D eigenvalue weighted by Crippen LogP contribution is -2.55. The van der Waals surface area contributed by atoms with Crippen LogP contribution in [0.3, 0.4) is 0 Å². The Morgan fingerprint density at radius 3 is 2.34 bits per heavy atom. The zero-order chi connectivity index (χ0) is 37.9. The Balaban J connectivity index is 1.41. The van der Waals surface area contributed by atoms with E-state index in [9.17, 15) is 18.5 Å². The first kappa shape index (κ1) is 37.8. The van der Waals surface area contributed by atoms with Crippen LogP contribution in [-0.4, -0.2) is 112 Å². The van der Waals surface area contributed by atoms with Gasteiger partial charge >= 0.3 is 6.09 Å². The van der Waals surface area contributed by atoms with Gasteiger partial charge in [0, 0.05) is 69.2 Å². The van der Waals surface area contributed by atoms with Gasteiger partial charge < -0.3 is 23.8 Å². The van der Waals surface area contributed by atoms with Crippen LogP contribution in [-0.2, 0) is 25.2 Å². The summed E-state index contributed by atoms with van der Waals surface area (Å²) < 4.78 is 53.3. The van der Waals surface area contributed by atoms with Gasteiger partial charge in [0.15, 0.2) is 0 Å². The van der Waals surface area contributed by atoms with Crippen molar-refractivity contribution < 1.29 is 37.0 Å². The number of anilines is 1. The zero-order valence-corrected chi connectivity index (χ0v) is 31.6. The third-order valence-electron chi connectivity index (χ3n) is 10.2. The number of sulfonamides is 1. The summed E-state index contributed by atoms with van der Waals surface area (Å²) in [6, 6.07) is 14.2. The van der Waals surface area contributed by atoms with Gasteiger partial charge in [-0.25, -0.2) is 18.2 Å². The van der Waals surface area contributed by atoms with E-state index in [0.29, 0.717) is 48.1 Å². The van der Waals surface area contributed by atoms with Gasteiger partial charge in [0.25, 0.3) is 21.5 Å². The van der Waals surface area contributed by atoms with E-state index >= 15 is 4.79 Å². The van der Waals surface area contributed by atoms with E-state index < -0.39 is 27.6 Å². The lowest BCUT2D eigenvalue weighted by molar-refractivity contribution is -0.132. The fraction of sp³-hybridized carbons (Fsp3) is 0.474. The van der Waals surface area contributed by atoms with E-state index in [4.69, 9.17) is 18.9 Å². The third-order valence-corrected chi connectivity index (χ3v) is 11.9. The van der Waals surface area contributed by atoms with E-state index in [1.54, 1.807) is 24.8 Å². The van der Waals surface area contributed by atoms with E-state index in [2.05, 4.69) is 34.7 Å². The number of carbonyl (C=O) groups is 2. The van der Waals surface area contributed by atoms with Gasteiger partial charge in [0.2, 0.25) is 5.88 Å². The van der Waals surface area contributed by atoms with E-state index in [0.717, 1.165) is 26.2 Å². The molecule has 282 valence electrons. The molecule has 0 aliphatic carbocycles. The minimum atomic E-state index is -4.75. The van der Waals surface area contributed by atoms with Gasteiger partial charge in [-0.15, -0.1) is 0 Å². The van der Waals surface area contributed by atoms with Crippen molar-refractivity contribution in [3.63, 3.8) is 0 Å². The molecule has 2 aromatic carbocycles. The monoisotopic (exact) mass is 746 g/mol. The number of carbonyl (C=O) groups excluding carboxylic acids is 2. The molecule has 2 amide bonds. The van der Waals surface area contributed by atoms with Gasteiger partial charge in [0.05, 0.1) is 43.2 Å². The number of ether oxygens (including phenoxy) is 4. The second kappa shape index (κ2) is 15.6. The summed E-state index contributed by atoms with van der Waals surface area (Å²) in [6.07, 6.45) is 2.08. The fourth-order valence-electron chi connectivity index (χ4n) is 7.42. The van der Waals surface area contributed by atoms with E-state index in [1.165, 1.54) is 55.8 Å². The number of hydrogen-bond acceptors (Lipinski definition) is 12. The molecule has 0 N–H and O–H groups in total. The number of likely N-dealkylation sites (tertiary alicyclic amines) is 1. The molecule has 2 fully saturated rings. The molecule has 4 heterocycles. The first-order chi connectivity index (χ1) is 25.5. The Morgan fingerprint density at radius 1 is 0.981 bits per heavy atom. The summed E-state index contributed by atoms with van der Waals surface area (Å²) in [5.74, 6) is -0.807. The maximum absolute atomic E-state index is 15.2. The summed E-state index contributed by atoms with van der Waals surface area (Å²) in [6.45, 7) is 12.8. The number of aromatic nitrogens is 1. The molecule has 15 heteroatoms. The Bertz CT molecular complexity index is 1990. The molecule has 3 aliphatic rings. The quantitative estimate of drug-likeness (QED) is 0.274. The van der Waals surface area contributed by atoms with Crippen LogP contribution in [0.2, 0.25) is 0 Å². The standard InChI is InChI=1S/C38H46N6O8S/c1-6-50-33-24-29(49-5)11-13-34(33)53(47,48)44-32-12-10-27(25-39)23-31(32)38(36(44)45,30-9-8-16-40-35(30)51-7-2)52-37(46)43-17-14-28(15-18-43)42-21-19-41(20-22-42)26(3)4/h8-13,16,23-24,26,28H,6-7,14-15,17-22H2,1-5H3. The molecule has 14 nitrogen and oxygen atoms in total. The summed E-state index contributed by atoms with van der Waals surface area (Å²) in [4.78, 5) is 40.1. The first-order valence-electron chi connectivity index (χ1n) is 18.0. The number of nitriles is 1. The molecule has 6 rings (SSSR count). The molecule has 3 aliphatic heterocycles. The van der Waals surface area contributed by atoms with E-state index in [-0.39, 0.29) is 52.1 Å². The molecule has 0 radical (unpaired) electrons. The highest BCUT2D eigenvalue weighted by Crippen LogP contribution is 2.52. The van der Waals surface area contributed by atoms with Crippen molar-refractivity contribution in [2.45, 2.75) is 63.1 Å². The van der Waals surface area contributed by atoms with Crippen LogP contribution in [0.5, 0.6) is 17.4 Å². The van der Waals surface area contributed by atoms with Gasteiger partial charge in [-0.3, -0.25) is 14.6 Å². The topological polar surface area (TPSA) is 155 Å². The number of amides is 2. The van der Waals surface area contributed by atoms with Crippen LogP contribution in [0.1, 0.15) is 57.2 Å². The van der Waals surface area contributed by atoms with Crippen molar-refractivity contribution in [3.8, 4) is 23.4 Å². The summed E-state index contributed by atoms with van der Waals surface area (Å²) in [5.41, 5.74) is -2.36. The smallest absolute Gasteiger partial charge is 0.411 e. The van der Waals surface area contributed by atoms with Crippen LogP contribution in [0.25, 0.3) is 0 Å². The van der Waals surface area contributed by atoms with Crippen molar-refractivity contribution in [3.05, 3.63) is 71.4 Å². The number of pyridine rings is 1. The molecule has 2 saturated heterocycles. The summed E-state index contributed by atoms with van der Waals surface area (Å²) in [5, 5.41) is 9.97. The van der Waals surface area contributed by atoms with Gasteiger partial charge in [0.1, 0.15) is 16.4 Å². The SMILES string of the molecule is CCOc1cc(OC)ccc1S(=O)(=O)N1C(=O)C(OC(=O)N2CCC(N3CCN(C(C)C)CC3)CC2)(c2cccnc2OCC)c2cc(C#N)ccc21. The number of piperazine rings is 1. The predicted molar refractivity (Wildman–Crippen MR) is 196 cm³/mol. The predicted octanol–water partition coefficient (Wildman–Crippen LogP) is 4.37. The Hall–Kier alpha value is -4.91. The Labute approximate surface area is 310 Å². The normalized spacial score (nSPS) is 19.9. The van der Waals surface area contributed by atoms with E-state index in [1.807, 2.05) is 0 Å². The van der Waals surface area contributed by atoms with Crippen LogP contribution in [0.15, 0.2) is 59.6 Å². The summed E-state index contributed by atoms with van der Waals surface area (Å²) >= 11 is 0. The number of piperidine rings is 1. The average molecular weight is 747 g/mol. The average Bonchev–Trinajstić information content (AvgIpc) is 3.42. The minimum Gasteiger partial charge on any atom is -0.497 e. The van der Waals surface area contributed by atoms with Gasteiger partial charge in [-0.2, -0.15) is 9.57 Å². The largest absolute Gasteiger partial charge is 0.497 e. The third kappa shape index (κ3) is 6.98. The highest BCUT2D eigenvalue weighted by Gasteiger charge is 2.61. The molecular weight excluding hydrogens is 701 g/mol. The van der Waals surface area contributed by atoms with Crippen molar-refractivity contribution in [2.24, 2.45) is 0 Å². The lowest BCUT2D eigenvalue weighted by atomic mass is 9.87. The lowest BCUT2D eigenvalue weighted by Gasteiger charge is -2.43. The summed E-state index contributed by atoms with van der Waals surface area (Å²) in [7, 11) is -3.31. The van der Waals surface area contributed by atoms with Crippen molar-refractivity contribution >= 4 is 27.7 Å². The highest BCUT2D eigenvalue weighted by atomic mass is 32.2. The van der Waals surface area contributed by atoms with Crippen molar-refractivity contribution in [1.29, 1.82) is 5.26 Å². The molecule has 3 aromatic rings. The van der Waals surface area contributed by atoms with Crippen LogP contribution >= 0.6 is 0 Å².